The Morgan fingerprint density at radius 3 is 2.73 bits per heavy atom. The van der Waals surface area contributed by atoms with E-state index in [1.807, 2.05) is 6.92 Å². The molecule has 1 unspecified atom stereocenters. The van der Waals surface area contributed by atoms with Crippen molar-refractivity contribution in [1.82, 2.24) is 0 Å². The predicted molar refractivity (Wildman–Crippen MR) is 46.5 cm³/mol. The zero-order valence-corrected chi connectivity index (χ0v) is 7.51. The molecule has 2 heteroatoms. The zero-order valence-electron chi connectivity index (χ0n) is 7.51. The van der Waals surface area contributed by atoms with Crippen LogP contribution in [0.15, 0.2) is 12.7 Å². The minimum atomic E-state index is -0.0976. The Morgan fingerprint density at radius 2 is 2.18 bits per heavy atom. The number of ether oxygens (including phenoxy) is 2. The topological polar surface area (TPSA) is 18.5 Å². The number of hydrogen-bond donors (Lipinski definition) is 0. The van der Waals surface area contributed by atoms with Crippen molar-refractivity contribution in [2.75, 3.05) is 13.2 Å². The van der Waals surface area contributed by atoms with Crippen molar-refractivity contribution >= 4 is 0 Å². The Labute approximate surface area is 69.2 Å². The molecule has 0 amide bonds. The second-order valence-electron chi connectivity index (χ2n) is 2.41. The van der Waals surface area contributed by atoms with E-state index in [-0.39, 0.29) is 6.29 Å². The predicted octanol–water partition coefficient (Wildman–Crippen LogP) is 2.35. The molecule has 1 atom stereocenters. The van der Waals surface area contributed by atoms with E-state index in [1.54, 1.807) is 6.08 Å². The molecule has 2 nitrogen and oxygen atoms in total. The highest BCUT2D eigenvalue weighted by Crippen LogP contribution is 1.96. The normalized spacial score (nSPS) is 12.9. The molecule has 0 N–H and O–H groups in total. The molecule has 11 heavy (non-hydrogen) atoms. The third kappa shape index (κ3) is 7.56. The lowest BCUT2D eigenvalue weighted by atomic mass is 10.4. The summed E-state index contributed by atoms with van der Waals surface area (Å²) in [5, 5.41) is 0. The van der Waals surface area contributed by atoms with Crippen LogP contribution in [0.2, 0.25) is 0 Å². The van der Waals surface area contributed by atoms with Gasteiger partial charge < -0.3 is 9.47 Å². The zero-order chi connectivity index (χ0) is 8.53. The van der Waals surface area contributed by atoms with Crippen LogP contribution in [0.4, 0.5) is 0 Å². The quantitative estimate of drug-likeness (QED) is 0.321. The van der Waals surface area contributed by atoms with Gasteiger partial charge in [0.1, 0.15) is 0 Å². The highest BCUT2D eigenvalue weighted by atomic mass is 16.7. The molecule has 0 aliphatic heterocycles. The Balaban J connectivity index is 3.08. The van der Waals surface area contributed by atoms with Crippen molar-refractivity contribution in [3.8, 4) is 0 Å². The fourth-order valence-corrected chi connectivity index (χ4v) is 0.645. The second-order valence-corrected chi connectivity index (χ2v) is 2.41. The summed E-state index contributed by atoms with van der Waals surface area (Å²) in [5.74, 6) is 0. The van der Waals surface area contributed by atoms with Gasteiger partial charge in [0.25, 0.3) is 0 Å². The van der Waals surface area contributed by atoms with Crippen molar-refractivity contribution in [2.24, 2.45) is 0 Å². The SMILES string of the molecule is C=CCOC(C)OCCCC. The van der Waals surface area contributed by atoms with Gasteiger partial charge >= 0.3 is 0 Å². The van der Waals surface area contributed by atoms with Crippen LogP contribution in [0.3, 0.4) is 0 Å². The maximum Gasteiger partial charge on any atom is 0.155 e. The van der Waals surface area contributed by atoms with Crippen molar-refractivity contribution in [3.63, 3.8) is 0 Å². The van der Waals surface area contributed by atoms with Gasteiger partial charge in [0.2, 0.25) is 0 Å². The monoisotopic (exact) mass is 158 g/mol. The molecule has 0 aromatic rings. The maximum absolute atomic E-state index is 5.31. The van der Waals surface area contributed by atoms with Crippen molar-refractivity contribution < 1.29 is 9.47 Å². The standard InChI is InChI=1S/C9H18O2/c1-4-6-8-11-9(3)10-7-5-2/h5,9H,2,4,6-8H2,1,3H3. The summed E-state index contributed by atoms with van der Waals surface area (Å²) in [6, 6.07) is 0. The Kier molecular flexibility index (Phi) is 7.52. The van der Waals surface area contributed by atoms with E-state index < -0.39 is 0 Å². The summed E-state index contributed by atoms with van der Waals surface area (Å²) in [7, 11) is 0. The second kappa shape index (κ2) is 7.76. The lowest BCUT2D eigenvalue weighted by Crippen LogP contribution is -2.13. The van der Waals surface area contributed by atoms with E-state index >= 15 is 0 Å². The van der Waals surface area contributed by atoms with Crippen LogP contribution < -0.4 is 0 Å². The van der Waals surface area contributed by atoms with E-state index in [1.165, 1.54) is 0 Å². The van der Waals surface area contributed by atoms with Crippen molar-refractivity contribution in [1.29, 1.82) is 0 Å². The molecule has 0 saturated heterocycles. The number of rotatable bonds is 7. The van der Waals surface area contributed by atoms with Gasteiger partial charge in [-0.3, -0.25) is 0 Å². The molecule has 66 valence electrons. The molecular weight excluding hydrogens is 140 g/mol. The van der Waals surface area contributed by atoms with Crippen molar-refractivity contribution in [3.05, 3.63) is 12.7 Å². The smallest absolute Gasteiger partial charge is 0.155 e. The van der Waals surface area contributed by atoms with Crippen LogP contribution >= 0.6 is 0 Å². The van der Waals surface area contributed by atoms with Gasteiger partial charge in [-0.05, 0) is 13.3 Å². The van der Waals surface area contributed by atoms with E-state index in [4.69, 9.17) is 9.47 Å². The molecule has 0 rings (SSSR count). The molecule has 0 aliphatic rings. The van der Waals surface area contributed by atoms with Gasteiger partial charge in [0.05, 0.1) is 6.61 Å². The summed E-state index contributed by atoms with van der Waals surface area (Å²) < 4.78 is 10.5. The van der Waals surface area contributed by atoms with Crippen LogP contribution in [0, 0.1) is 0 Å². The first-order chi connectivity index (χ1) is 5.31. The third-order valence-corrected chi connectivity index (χ3v) is 1.30. The van der Waals surface area contributed by atoms with E-state index in [0.29, 0.717) is 6.61 Å². The van der Waals surface area contributed by atoms with Crippen LogP contribution in [0.25, 0.3) is 0 Å². The maximum atomic E-state index is 5.31. The fraction of sp³-hybridized carbons (Fsp3) is 0.778. The van der Waals surface area contributed by atoms with Gasteiger partial charge in [0, 0.05) is 6.61 Å². The summed E-state index contributed by atoms with van der Waals surface area (Å²) in [6.45, 7) is 8.94. The van der Waals surface area contributed by atoms with E-state index in [0.717, 1.165) is 19.4 Å². The van der Waals surface area contributed by atoms with E-state index in [2.05, 4.69) is 13.5 Å². The molecule has 0 aromatic heterocycles. The van der Waals surface area contributed by atoms with Gasteiger partial charge in [-0.1, -0.05) is 19.4 Å². The molecule has 0 heterocycles. The summed E-state index contributed by atoms with van der Waals surface area (Å²) in [6.07, 6.45) is 3.88. The third-order valence-electron chi connectivity index (χ3n) is 1.30. The van der Waals surface area contributed by atoms with Crippen LogP contribution in [-0.2, 0) is 9.47 Å². The Morgan fingerprint density at radius 1 is 1.45 bits per heavy atom. The molecule has 0 saturated carbocycles. The van der Waals surface area contributed by atoms with Gasteiger partial charge in [-0.2, -0.15) is 0 Å². The summed E-state index contributed by atoms with van der Waals surface area (Å²) in [5.41, 5.74) is 0. The average molecular weight is 158 g/mol. The molecule has 0 spiro atoms. The first kappa shape index (κ1) is 10.7. The minimum absolute atomic E-state index is 0.0976. The number of hydrogen-bond acceptors (Lipinski definition) is 2. The van der Waals surface area contributed by atoms with Gasteiger partial charge in [-0.15, -0.1) is 6.58 Å². The largest absolute Gasteiger partial charge is 0.353 e. The number of unbranched alkanes of at least 4 members (excludes halogenated alkanes) is 1. The average Bonchev–Trinajstić information content (AvgIpc) is 2.01. The fourth-order valence-electron chi connectivity index (χ4n) is 0.645. The van der Waals surface area contributed by atoms with Crippen LogP contribution in [0.5, 0.6) is 0 Å². The highest BCUT2D eigenvalue weighted by Gasteiger charge is 1.98. The minimum Gasteiger partial charge on any atom is -0.353 e. The summed E-state index contributed by atoms with van der Waals surface area (Å²) >= 11 is 0. The molecular formula is C9H18O2. The summed E-state index contributed by atoms with van der Waals surface area (Å²) in [4.78, 5) is 0. The molecule has 0 bridgehead atoms. The Bertz CT molecular complexity index is 91.6. The first-order valence-corrected chi connectivity index (χ1v) is 4.15. The highest BCUT2D eigenvalue weighted by molar-refractivity contribution is 4.63. The van der Waals surface area contributed by atoms with Gasteiger partial charge in [-0.25, -0.2) is 0 Å². The molecule has 0 fully saturated rings. The van der Waals surface area contributed by atoms with Gasteiger partial charge in [0.15, 0.2) is 6.29 Å². The van der Waals surface area contributed by atoms with Crippen LogP contribution in [0.1, 0.15) is 26.7 Å². The van der Waals surface area contributed by atoms with Crippen molar-refractivity contribution in [2.45, 2.75) is 33.0 Å². The molecule has 0 aliphatic carbocycles. The Hall–Kier alpha value is -0.340. The molecule has 0 aromatic carbocycles. The molecule has 0 radical (unpaired) electrons. The van der Waals surface area contributed by atoms with E-state index in [9.17, 15) is 0 Å². The van der Waals surface area contributed by atoms with Crippen LogP contribution in [-0.4, -0.2) is 19.5 Å². The lowest BCUT2D eigenvalue weighted by molar-refractivity contribution is -0.122. The lowest BCUT2D eigenvalue weighted by Gasteiger charge is -2.11. The first-order valence-electron chi connectivity index (χ1n) is 4.15.